The van der Waals surface area contributed by atoms with E-state index in [0.29, 0.717) is 18.4 Å². The van der Waals surface area contributed by atoms with E-state index in [9.17, 15) is 5.11 Å². The summed E-state index contributed by atoms with van der Waals surface area (Å²) in [5.74, 6) is 1.32. The van der Waals surface area contributed by atoms with Crippen LogP contribution in [0.5, 0.6) is 5.88 Å². The van der Waals surface area contributed by atoms with Crippen molar-refractivity contribution in [3.8, 4) is 5.88 Å². The number of hydrogen-bond acceptors (Lipinski definition) is 3. The van der Waals surface area contributed by atoms with Crippen molar-refractivity contribution in [3.63, 3.8) is 0 Å². The minimum atomic E-state index is -0.0405. The molecule has 0 amide bonds. The molecule has 0 unspecified atom stereocenters. The lowest BCUT2D eigenvalue weighted by atomic mass is 9.91. The van der Waals surface area contributed by atoms with Crippen molar-refractivity contribution >= 4 is 0 Å². The third-order valence-electron chi connectivity index (χ3n) is 2.99. The lowest BCUT2D eigenvalue weighted by Crippen LogP contribution is -2.15. The lowest BCUT2D eigenvalue weighted by molar-refractivity contribution is 0.271. The highest BCUT2D eigenvalue weighted by Gasteiger charge is 2.17. The summed E-state index contributed by atoms with van der Waals surface area (Å²) in [5, 5.41) is 9.31. The molecule has 0 aliphatic rings. The summed E-state index contributed by atoms with van der Waals surface area (Å²) < 4.78 is 5.71. The van der Waals surface area contributed by atoms with E-state index in [-0.39, 0.29) is 12.0 Å². The van der Waals surface area contributed by atoms with E-state index in [1.54, 1.807) is 0 Å². The van der Waals surface area contributed by atoms with Crippen molar-refractivity contribution in [1.82, 2.24) is 4.98 Å². The number of ether oxygens (including phenoxy) is 1. The van der Waals surface area contributed by atoms with Gasteiger partial charge in [-0.15, -0.1) is 0 Å². The Morgan fingerprint density at radius 3 is 2.47 bits per heavy atom. The van der Waals surface area contributed by atoms with Gasteiger partial charge in [-0.25, -0.2) is 4.98 Å². The number of aliphatic hydroxyl groups is 1. The Labute approximate surface area is 117 Å². The Kier molecular flexibility index (Phi) is 5.80. The Hall–Kier alpha value is -1.09. The molecule has 0 aliphatic carbocycles. The molecule has 1 aromatic rings. The van der Waals surface area contributed by atoms with Crippen LogP contribution in [-0.2, 0) is 12.0 Å². The summed E-state index contributed by atoms with van der Waals surface area (Å²) in [7, 11) is 0. The first kappa shape index (κ1) is 16.0. The van der Waals surface area contributed by atoms with Gasteiger partial charge in [0.15, 0.2) is 0 Å². The number of rotatable bonds is 6. The molecule has 1 rings (SSSR count). The van der Waals surface area contributed by atoms with Crippen LogP contribution in [0.1, 0.15) is 58.7 Å². The van der Waals surface area contributed by atoms with Crippen LogP contribution in [0.4, 0.5) is 0 Å². The van der Waals surface area contributed by atoms with Crippen LogP contribution in [0, 0.1) is 5.92 Å². The molecule has 0 radical (unpaired) electrons. The van der Waals surface area contributed by atoms with Crippen molar-refractivity contribution in [2.75, 3.05) is 6.61 Å². The first-order valence-corrected chi connectivity index (χ1v) is 7.08. The maximum absolute atomic E-state index is 9.31. The zero-order chi connectivity index (χ0) is 14.5. The molecule has 0 saturated heterocycles. The third-order valence-corrected chi connectivity index (χ3v) is 2.99. The number of aliphatic hydroxyl groups excluding tert-OH is 1. The van der Waals surface area contributed by atoms with E-state index in [0.717, 1.165) is 24.1 Å². The summed E-state index contributed by atoms with van der Waals surface area (Å²) in [4.78, 5) is 4.54. The quantitative estimate of drug-likeness (QED) is 0.798. The smallest absolute Gasteiger partial charge is 0.213 e. The maximum Gasteiger partial charge on any atom is 0.213 e. The zero-order valence-electron chi connectivity index (χ0n) is 12.9. The van der Waals surface area contributed by atoms with Gasteiger partial charge in [-0.1, -0.05) is 34.6 Å². The fourth-order valence-corrected chi connectivity index (χ4v) is 1.78. The second kappa shape index (κ2) is 6.90. The molecule has 0 aliphatic heterocycles. The predicted molar refractivity (Wildman–Crippen MR) is 78.4 cm³/mol. The average molecular weight is 265 g/mol. The molecule has 0 fully saturated rings. The molecule has 1 heterocycles. The highest BCUT2D eigenvalue weighted by atomic mass is 16.5. The van der Waals surface area contributed by atoms with Gasteiger partial charge in [0.2, 0.25) is 5.88 Å². The standard InChI is InChI=1S/C16H27NO2/c1-12(2)7-6-8-19-15-10-13(11-18)9-14(17-15)16(3,4)5/h9-10,12,18H,6-8,11H2,1-5H3. The van der Waals surface area contributed by atoms with Crippen molar-refractivity contribution in [1.29, 1.82) is 0 Å². The normalized spacial score (nSPS) is 11.9. The van der Waals surface area contributed by atoms with Crippen LogP contribution in [0.2, 0.25) is 0 Å². The molecule has 1 aromatic heterocycles. The Morgan fingerprint density at radius 1 is 1.26 bits per heavy atom. The van der Waals surface area contributed by atoms with Gasteiger partial charge in [0.1, 0.15) is 0 Å². The summed E-state index contributed by atoms with van der Waals surface area (Å²) in [5.41, 5.74) is 1.78. The number of nitrogens with zero attached hydrogens (tertiary/aromatic N) is 1. The Balaban J connectivity index is 2.72. The van der Waals surface area contributed by atoms with Crippen molar-refractivity contribution in [3.05, 3.63) is 23.4 Å². The molecule has 0 saturated carbocycles. The largest absolute Gasteiger partial charge is 0.478 e. The summed E-state index contributed by atoms with van der Waals surface area (Å²) in [6.45, 7) is 11.5. The molecular weight excluding hydrogens is 238 g/mol. The average Bonchev–Trinajstić information content (AvgIpc) is 2.33. The van der Waals surface area contributed by atoms with Crippen LogP contribution in [0.15, 0.2) is 12.1 Å². The molecule has 19 heavy (non-hydrogen) atoms. The lowest BCUT2D eigenvalue weighted by Gasteiger charge is -2.19. The van der Waals surface area contributed by atoms with Gasteiger partial charge in [0, 0.05) is 11.5 Å². The minimum absolute atomic E-state index is 0.0218. The van der Waals surface area contributed by atoms with Crippen molar-refractivity contribution < 1.29 is 9.84 Å². The van der Waals surface area contributed by atoms with E-state index in [1.165, 1.54) is 0 Å². The van der Waals surface area contributed by atoms with Crippen LogP contribution in [0.25, 0.3) is 0 Å². The van der Waals surface area contributed by atoms with Gasteiger partial charge in [-0.2, -0.15) is 0 Å². The molecular formula is C16H27NO2. The van der Waals surface area contributed by atoms with Crippen LogP contribution in [0.3, 0.4) is 0 Å². The highest BCUT2D eigenvalue weighted by molar-refractivity contribution is 5.28. The van der Waals surface area contributed by atoms with Crippen molar-refractivity contribution in [2.24, 2.45) is 5.92 Å². The van der Waals surface area contributed by atoms with Crippen LogP contribution in [-0.4, -0.2) is 16.7 Å². The monoisotopic (exact) mass is 265 g/mol. The molecule has 0 atom stereocenters. The molecule has 1 N–H and O–H groups in total. The predicted octanol–water partition coefficient (Wildman–Crippen LogP) is 3.69. The van der Waals surface area contributed by atoms with Gasteiger partial charge in [-0.05, 0) is 30.4 Å². The molecule has 0 bridgehead atoms. The molecule has 0 aromatic carbocycles. The second-order valence-electron chi connectivity index (χ2n) is 6.49. The van der Waals surface area contributed by atoms with E-state index >= 15 is 0 Å². The van der Waals surface area contributed by atoms with Crippen molar-refractivity contribution in [2.45, 2.75) is 59.5 Å². The van der Waals surface area contributed by atoms with E-state index < -0.39 is 0 Å². The first-order valence-electron chi connectivity index (χ1n) is 7.08. The topological polar surface area (TPSA) is 42.4 Å². The van der Waals surface area contributed by atoms with E-state index in [4.69, 9.17) is 4.74 Å². The number of hydrogen-bond donors (Lipinski definition) is 1. The fraction of sp³-hybridized carbons (Fsp3) is 0.688. The summed E-state index contributed by atoms with van der Waals surface area (Å²) in [6, 6.07) is 3.77. The van der Waals surface area contributed by atoms with E-state index in [2.05, 4.69) is 39.6 Å². The van der Waals surface area contributed by atoms with Gasteiger partial charge < -0.3 is 9.84 Å². The molecule has 108 valence electrons. The minimum Gasteiger partial charge on any atom is -0.478 e. The van der Waals surface area contributed by atoms with E-state index in [1.807, 2.05) is 12.1 Å². The van der Waals surface area contributed by atoms with Gasteiger partial charge >= 0.3 is 0 Å². The SMILES string of the molecule is CC(C)CCCOc1cc(CO)cc(C(C)(C)C)n1. The first-order chi connectivity index (χ1) is 8.82. The fourth-order valence-electron chi connectivity index (χ4n) is 1.78. The van der Waals surface area contributed by atoms with Crippen LogP contribution >= 0.6 is 0 Å². The molecule has 3 heteroatoms. The molecule has 3 nitrogen and oxygen atoms in total. The van der Waals surface area contributed by atoms with Gasteiger partial charge in [0.25, 0.3) is 0 Å². The summed E-state index contributed by atoms with van der Waals surface area (Å²) in [6.07, 6.45) is 2.19. The highest BCUT2D eigenvalue weighted by Crippen LogP contribution is 2.24. The zero-order valence-corrected chi connectivity index (χ0v) is 12.9. The third kappa shape index (κ3) is 5.60. The van der Waals surface area contributed by atoms with Gasteiger partial charge in [0.05, 0.1) is 18.9 Å². The Bertz CT molecular complexity index is 394. The Morgan fingerprint density at radius 2 is 1.95 bits per heavy atom. The maximum atomic E-state index is 9.31. The molecule has 0 spiro atoms. The second-order valence-corrected chi connectivity index (χ2v) is 6.49. The number of pyridine rings is 1. The van der Waals surface area contributed by atoms with Crippen LogP contribution < -0.4 is 4.74 Å². The number of aromatic nitrogens is 1. The van der Waals surface area contributed by atoms with Gasteiger partial charge in [-0.3, -0.25) is 0 Å². The summed E-state index contributed by atoms with van der Waals surface area (Å²) >= 11 is 0.